The van der Waals surface area contributed by atoms with Gasteiger partial charge < -0.3 is 0 Å². The number of aryl methyl sites for hydroxylation is 2. The summed E-state index contributed by atoms with van der Waals surface area (Å²) in [6.07, 6.45) is 1.34. The lowest BCUT2D eigenvalue weighted by Gasteiger charge is -2.14. The van der Waals surface area contributed by atoms with Crippen LogP contribution in [-0.2, 0) is 20.0 Å². The van der Waals surface area contributed by atoms with Gasteiger partial charge in [0.1, 0.15) is 0 Å². The first-order chi connectivity index (χ1) is 8.61. The summed E-state index contributed by atoms with van der Waals surface area (Å²) in [7, 11) is -7.15. The number of anilines is 1. The van der Waals surface area contributed by atoms with Crippen molar-refractivity contribution < 1.29 is 16.8 Å². The molecule has 3 N–H and O–H groups in total. The Kier molecular flexibility index (Phi) is 3.36. The minimum Gasteiger partial charge on any atom is -0.283 e. The maximum Gasteiger partial charge on any atom is 0.238 e. The predicted molar refractivity (Wildman–Crippen MR) is 72.9 cm³/mol. The normalized spacial score (nSPS) is 16.4. The molecule has 1 aromatic rings. The third kappa shape index (κ3) is 3.07. The number of nitrogens with one attached hydrogen (secondary N) is 1. The summed E-state index contributed by atoms with van der Waals surface area (Å²) in [4.78, 5) is -0.0168. The van der Waals surface area contributed by atoms with Crippen LogP contribution in [0.3, 0.4) is 0 Å². The Hall–Kier alpha value is -1.12. The summed E-state index contributed by atoms with van der Waals surface area (Å²) < 4.78 is 48.9. The summed E-state index contributed by atoms with van der Waals surface area (Å²) in [5, 5.41) is 4.73. The Morgan fingerprint density at radius 1 is 1.11 bits per heavy atom. The molecule has 0 atom stereocenters. The lowest BCUT2D eigenvalue weighted by Crippen LogP contribution is -2.19. The van der Waals surface area contributed by atoms with E-state index in [1.165, 1.54) is 12.1 Å². The van der Waals surface area contributed by atoms with Gasteiger partial charge in [0.25, 0.3) is 0 Å². The van der Waals surface area contributed by atoms with E-state index >= 15 is 0 Å². The molecule has 0 aliphatic heterocycles. The largest absolute Gasteiger partial charge is 0.283 e. The van der Waals surface area contributed by atoms with Crippen LogP contribution in [0.4, 0.5) is 5.69 Å². The van der Waals surface area contributed by atoms with E-state index in [2.05, 4.69) is 4.72 Å². The average Bonchev–Trinajstić information content (AvgIpc) is 3.05. The molecule has 0 unspecified atom stereocenters. The van der Waals surface area contributed by atoms with Crippen molar-refractivity contribution in [1.29, 1.82) is 0 Å². The van der Waals surface area contributed by atoms with Crippen molar-refractivity contribution in [3.8, 4) is 0 Å². The van der Waals surface area contributed by atoms with Crippen LogP contribution in [0.25, 0.3) is 0 Å². The van der Waals surface area contributed by atoms with E-state index in [1.807, 2.05) is 0 Å². The van der Waals surface area contributed by atoms with Crippen molar-refractivity contribution in [3.63, 3.8) is 0 Å². The summed E-state index contributed by atoms with van der Waals surface area (Å²) in [6, 6.07) is 2.74. The molecule has 0 radical (unpaired) electrons. The standard InChI is InChI=1S/C11H16N2O4S2/c1-7-5-10(18(12,14)15)6-8(2)11(7)13-19(16,17)9-3-4-9/h5-6,9,13H,3-4H2,1-2H3,(H2,12,14,15). The molecule has 106 valence electrons. The number of nitrogens with two attached hydrogens (primary N) is 1. The minimum atomic E-state index is -3.79. The molecule has 1 aliphatic rings. The van der Waals surface area contributed by atoms with Crippen LogP contribution in [-0.4, -0.2) is 22.1 Å². The monoisotopic (exact) mass is 304 g/mol. The van der Waals surface area contributed by atoms with Gasteiger partial charge in [0.2, 0.25) is 20.0 Å². The molecule has 6 nitrogen and oxygen atoms in total. The van der Waals surface area contributed by atoms with Gasteiger partial charge in [-0.25, -0.2) is 22.0 Å². The van der Waals surface area contributed by atoms with Crippen molar-refractivity contribution in [3.05, 3.63) is 23.3 Å². The van der Waals surface area contributed by atoms with Crippen LogP contribution in [0, 0.1) is 13.8 Å². The van der Waals surface area contributed by atoms with E-state index in [0.717, 1.165) is 0 Å². The number of sulfonamides is 2. The highest BCUT2D eigenvalue weighted by molar-refractivity contribution is 7.93. The molecule has 1 aliphatic carbocycles. The van der Waals surface area contributed by atoms with E-state index in [-0.39, 0.29) is 10.1 Å². The van der Waals surface area contributed by atoms with Gasteiger partial charge in [-0.2, -0.15) is 0 Å². The zero-order chi connectivity index (χ0) is 14.4. The summed E-state index contributed by atoms with van der Waals surface area (Å²) in [5.41, 5.74) is 1.50. The number of primary sulfonamides is 1. The molecule has 0 spiro atoms. The fraction of sp³-hybridized carbons (Fsp3) is 0.455. The number of benzene rings is 1. The van der Waals surface area contributed by atoms with Crippen LogP contribution >= 0.6 is 0 Å². The van der Waals surface area contributed by atoms with Gasteiger partial charge in [-0.1, -0.05) is 0 Å². The van der Waals surface area contributed by atoms with Crippen molar-refractivity contribution in [2.75, 3.05) is 4.72 Å². The first kappa shape index (κ1) is 14.3. The molecule has 0 aromatic heterocycles. The van der Waals surface area contributed by atoms with Crippen LogP contribution < -0.4 is 9.86 Å². The highest BCUT2D eigenvalue weighted by atomic mass is 32.2. The van der Waals surface area contributed by atoms with Crippen LogP contribution in [0.2, 0.25) is 0 Å². The number of hydrogen-bond acceptors (Lipinski definition) is 4. The number of hydrogen-bond donors (Lipinski definition) is 2. The Labute approximate surface area is 113 Å². The molecule has 0 amide bonds. The maximum absolute atomic E-state index is 11.9. The Morgan fingerprint density at radius 3 is 1.95 bits per heavy atom. The van der Waals surface area contributed by atoms with E-state index in [9.17, 15) is 16.8 Å². The number of rotatable bonds is 4. The molecule has 0 bridgehead atoms. The van der Waals surface area contributed by atoms with Crippen LogP contribution in [0.1, 0.15) is 24.0 Å². The molecule has 0 heterocycles. The average molecular weight is 304 g/mol. The van der Waals surface area contributed by atoms with Gasteiger partial charge in [-0.15, -0.1) is 0 Å². The van der Waals surface area contributed by atoms with Crippen molar-refractivity contribution in [2.24, 2.45) is 5.14 Å². The Bertz CT molecular complexity index is 696. The Balaban J connectivity index is 2.43. The summed E-state index contributed by atoms with van der Waals surface area (Å²) >= 11 is 0. The first-order valence-corrected chi connectivity index (χ1v) is 8.86. The fourth-order valence-corrected chi connectivity index (χ4v) is 4.06. The minimum absolute atomic E-state index is 0.0168. The topological polar surface area (TPSA) is 106 Å². The lowest BCUT2D eigenvalue weighted by atomic mass is 10.1. The second kappa shape index (κ2) is 4.46. The molecule has 8 heteroatoms. The van der Waals surface area contributed by atoms with Gasteiger partial charge in [0.15, 0.2) is 0 Å². The predicted octanol–water partition coefficient (Wildman–Crippen LogP) is 0.855. The molecule has 2 rings (SSSR count). The van der Waals surface area contributed by atoms with E-state index in [0.29, 0.717) is 29.7 Å². The highest BCUT2D eigenvalue weighted by Gasteiger charge is 2.36. The van der Waals surface area contributed by atoms with Gasteiger partial charge in [-0.05, 0) is 49.9 Å². The molecule has 0 saturated heterocycles. The summed E-state index contributed by atoms with van der Waals surface area (Å²) in [5.74, 6) is 0. The van der Waals surface area contributed by atoms with Crippen molar-refractivity contribution in [2.45, 2.75) is 36.8 Å². The van der Waals surface area contributed by atoms with Crippen LogP contribution in [0.5, 0.6) is 0 Å². The lowest BCUT2D eigenvalue weighted by molar-refractivity contribution is 0.597. The van der Waals surface area contributed by atoms with Gasteiger partial charge >= 0.3 is 0 Å². The summed E-state index contributed by atoms with van der Waals surface area (Å²) in [6.45, 7) is 3.29. The zero-order valence-electron chi connectivity index (χ0n) is 10.7. The third-order valence-corrected chi connectivity index (χ3v) is 5.77. The maximum atomic E-state index is 11.9. The van der Waals surface area contributed by atoms with Gasteiger partial charge in [0.05, 0.1) is 15.8 Å². The quantitative estimate of drug-likeness (QED) is 0.860. The van der Waals surface area contributed by atoms with E-state index in [4.69, 9.17) is 5.14 Å². The van der Waals surface area contributed by atoms with Gasteiger partial charge in [0, 0.05) is 0 Å². The van der Waals surface area contributed by atoms with Crippen molar-refractivity contribution >= 4 is 25.7 Å². The molecular formula is C11H16N2O4S2. The molecule has 19 heavy (non-hydrogen) atoms. The second-order valence-corrected chi connectivity index (χ2v) is 8.35. The SMILES string of the molecule is Cc1cc(S(N)(=O)=O)cc(C)c1NS(=O)(=O)C1CC1. The molecule has 1 fully saturated rings. The smallest absolute Gasteiger partial charge is 0.238 e. The Morgan fingerprint density at radius 2 is 1.58 bits per heavy atom. The highest BCUT2D eigenvalue weighted by Crippen LogP contribution is 2.32. The van der Waals surface area contributed by atoms with E-state index in [1.54, 1.807) is 13.8 Å². The molecule has 1 aromatic carbocycles. The first-order valence-electron chi connectivity index (χ1n) is 5.77. The van der Waals surface area contributed by atoms with E-state index < -0.39 is 20.0 Å². The van der Waals surface area contributed by atoms with Crippen molar-refractivity contribution in [1.82, 2.24) is 0 Å². The van der Waals surface area contributed by atoms with Crippen LogP contribution in [0.15, 0.2) is 17.0 Å². The molecular weight excluding hydrogens is 288 g/mol. The fourth-order valence-electron chi connectivity index (χ4n) is 1.85. The third-order valence-electron chi connectivity index (χ3n) is 3.04. The van der Waals surface area contributed by atoms with Gasteiger partial charge in [-0.3, -0.25) is 4.72 Å². The molecule has 1 saturated carbocycles. The second-order valence-electron chi connectivity index (χ2n) is 4.82. The zero-order valence-corrected chi connectivity index (χ0v) is 12.3.